The van der Waals surface area contributed by atoms with Crippen LogP contribution in [-0.2, 0) is 0 Å². The molecule has 30 heavy (non-hydrogen) atoms. The number of hydrogen-bond acceptors (Lipinski definition) is 6. The van der Waals surface area contributed by atoms with Crippen molar-refractivity contribution in [1.82, 2.24) is 14.8 Å². The Morgan fingerprint density at radius 2 is 1.57 bits per heavy atom. The molecule has 1 aromatic carbocycles. The number of carbonyl (C=O) groups excluding carboxylic acids is 2. The molecular weight excluding hydrogens is 380 g/mol. The second-order valence-corrected chi connectivity index (χ2v) is 7.81. The highest BCUT2D eigenvalue weighted by atomic mass is 16.3. The Morgan fingerprint density at radius 3 is 2.30 bits per heavy atom. The summed E-state index contributed by atoms with van der Waals surface area (Å²) in [6, 6.07) is 10.9. The van der Waals surface area contributed by atoms with E-state index < -0.39 is 0 Å². The first-order valence-corrected chi connectivity index (χ1v) is 10.5. The largest absolute Gasteiger partial charge is 0.464 e. The van der Waals surface area contributed by atoms with Gasteiger partial charge in [0.15, 0.2) is 0 Å². The predicted molar refractivity (Wildman–Crippen MR) is 114 cm³/mol. The molecule has 154 valence electrons. The van der Waals surface area contributed by atoms with Gasteiger partial charge in [-0.1, -0.05) is 12.1 Å². The summed E-state index contributed by atoms with van der Waals surface area (Å²) in [5.41, 5.74) is 1.93. The number of fused-ring (bicyclic) bond motifs is 2. The van der Waals surface area contributed by atoms with E-state index in [1.165, 1.54) is 4.90 Å². The van der Waals surface area contributed by atoms with Crippen LogP contribution in [0, 0.1) is 0 Å². The van der Waals surface area contributed by atoms with Crippen molar-refractivity contribution in [3.05, 3.63) is 60.0 Å². The number of imide groups is 1. The van der Waals surface area contributed by atoms with Crippen LogP contribution in [0.1, 0.15) is 33.6 Å². The molecule has 7 nitrogen and oxygen atoms in total. The monoisotopic (exact) mass is 404 g/mol. The van der Waals surface area contributed by atoms with E-state index in [9.17, 15) is 9.59 Å². The van der Waals surface area contributed by atoms with E-state index in [0.717, 1.165) is 62.4 Å². The predicted octanol–water partition coefficient (Wildman–Crippen LogP) is 3.03. The minimum Gasteiger partial charge on any atom is -0.464 e. The van der Waals surface area contributed by atoms with Crippen molar-refractivity contribution in [2.45, 2.75) is 12.8 Å². The number of furan rings is 1. The second-order valence-electron chi connectivity index (χ2n) is 7.81. The number of piperazine rings is 1. The van der Waals surface area contributed by atoms with Crippen LogP contribution >= 0.6 is 0 Å². The van der Waals surface area contributed by atoms with E-state index in [4.69, 9.17) is 4.42 Å². The van der Waals surface area contributed by atoms with Gasteiger partial charge < -0.3 is 9.32 Å². The van der Waals surface area contributed by atoms with Crippen LogP contribution in [0.2, 0.25) is 0 Å². The topological polar surface area (TPSA) is 69.9 Å². The summed E-state index contributed by atoms with van der Waals surface area (Å²) in [5.74, 6) is 0.668. The van der Waals surface area contributed by atoms with Crippen molar-refractivity contribution in [1.29, 1.82) is 0 Å². The molecule has 2 aromatic heterocycles. The molecule has 1 fully saturated rings. The van der Waals surface area contributed by atoms with Crippen molar-refractivity contribution in [2.75, 3.05) is 44.2 Å². The number of nitrogens with zero attached hydrogens (tertiary/aromatic N) is 4. The summed E-state index contributed by atoms with van der Waals surface area (Å²) in [5, 5.41) is 1.06. The van der Waals surface area contributed by atoms with Crippen LogP contribution in [0.4, 0.5) is 5.82 Å². The molecule has 0 spiro atoms. The van der Waals surface area contributed by atoms with Gasteiger partial charge in [0.2, 0.25) is 0 Å². The quantitative estimate of drug-likeness (QED) is 0.465. The summed E-state index contributed by atoms with van der Waals surface area (Å²) >= 11 is 0. The van der Waals surface area contributed by atoms with Crippen LogP contribution in [0.25, 0.3) is 11.0 Å². The van der Waals surface area contributed by atoms with E-state index in [0.29, 0.717) is 17.7 Å². The highest BCUT2D eigenvalue weighted by Gasteiger charge is 2.34. The lowest BCUT2D eigenvalue weighted by molar-refractivity contribution is 0.0650. The Kier molecular flexibility index (Phi) is 4.96. The molecule has 0 saturated carbocycles. The van der Waals surface area contributed by atoms with Crippen molar-refractivity contribution in [3.63, 3.8) is 0 Å². The standard InChI is InChI=1S/C23H24N4O3/c28-22-17-5-1-2-6-18(17)23(29)27(22)11-4-3-10-25-12-14-26(15-13-25)21-19-8-16-30-20(19)7-9-24-21/h1-2,5-9,16H,3-4,10-15H2. The Morgan fingerprint density at radius 1 is 0.867 bits per heavy atom. The highest BCUT2D eigenvalue weighted by Crippen LogP contribution is 2.26. The van der Waals surface area contributed by atoms with Gasteiger partial charge in [-0.3, -0.25) is 19.4 Å². The Labute approximate surface area is 174 Å². The molecule has 0 radical (unpaired) electrons. The minimum atomic E-state index is -0.162. The zero-order valence-corrected chi connectivity index (χ0v) is 16.8. The molecule has 1 saturated heterocycles. The van der Waals surface area contributed by atoms with Crippen LogP contribution in [-0.4, -0.2) is 65.9 Å². The third kappa shape index (κ3) is 3.35. The summed E-state index contributed by atoms with van der Waals surface area (Å²) in [6.07, 6.45) is 5.29. The summed E-state index contributed by atoms with van der Waals surface area (Å²) < 4.78 is 5.48. The first-order valence-electron chi connectivity index (χ1n) is 10.5. The fourth-order valence-electron chi connectivity index (χ4n) is 4.36. The van der Waals surface area contributed by atoms with Crippen molar-refractivity contribution in [2.24, 2.45) is 0 Å². The van der Waals surface area contributed by atoms with E-state index in [-0.39, 0.29) is 11.8 Å². The molecule has 4 heterocycles. The lowest BCUT2D eigenvalue weighted by Gasteiger charge is -2.35. The number of unbranched alkanes of at least 4 members (excludes halogenated alkanes) is 1. The molecule has 2 aliphatic rings. The van der Waals surface area contributed by atoms with Gasteiger partial charge in [0, 0.05) is 38.9 Å². The van der Waals surface area contributed by atoms with E-state index in [2.05, 4.69) is 14.8 Å². The average molecular weight is 404 g/mol. The number of hydrogen-bond donors (Lipinski definition) is 0. The maximum atomic E-state index is 12.4. The van der Waals surface area contributed by atoms with Gasteiger partial charge in [-0.15, -0.1) is 0 Å². The number of benzene rings is 1. The smallest absolute Gasteiger partial charge is 0.261 e. The number of carbonyl (C=O) groups is 2. The lowest BCUT2D eigenvalue weighted by Crippen LogP contribution is -2.47. The number of pyridine rings is 1. The third-order valence-corrected chi connectivity index (χ3v) is 6.01. The van der Waals surface area contributed by atoms with Gasteiger partial charge in [-0.05, 0) is 43.7 Å². The van der Waals surface area contributed by atoms with Crippen LogP contribution < -0.4 is 4.90 Å². The first kappa shape index (κ1) is 18.8. The number of anilines is 1. The van der Waals surface area contributed by atoms with Gasteiger partial charge in [-0.25, -0.2) is 4.98 Å². The molecule has 2 amide bonds. The van der Waals surface area contributed by atoms with E-state index >= 15 is 0 Å². The summed E-state index contributed by atoms with van der Waals surface area (Å²) in [7, 11) is 0. The van der Waals surface area contributed by atoms with Gasteiger partial charge in [0.25, 0.3) is 11.8 Å². The molecule has 5 rings (SSSR count). The van der Waals surface area contributed by atoms with Crippen molar-refractivity contribution in [3.8, 4) is 0 Å². The van der Waals surface area contributed by atoms with Gasteiger partial charge in [0.1, 0.15) is 11.4 Å². The number of rotatable bonds is 6. The molecule has 0 bridgehead atoms. The number of aromatic nitrogens is 1. The summed E-state index contributed by atoms with van der Waals surface area (Å²) in [6.45, 7) is 5.26. The fraction of sp³-hybridized carbons (Fsp3) is 0.348. The summed E-state index contributed by atoms with van der Waals surface area (Å²) in [4.78, 5) is 35.5. The van der Waals surface area contributed by atoms with Gasteiger partial charge in [-0.2, -0.15) is 0 Å². The Bertz CT molecular complexity index is 1050. The zero-order chi connectivity index (χ0) is 20.5. The highest BCUT2D eigenvalue weighted by molar-refractivity contribution is 6.21. The molecule has 0 aliphatic carbocycles. The third-order valence-electron chi connectivity index (χ3n) is 6.01. The van der Waals surface area contributed by atoms with E-state index in [1.807, 2.05) is 12.1 Å². The maximum Gasteiger partial charge on any atom is 0.261 e. The normalized spacial score (nSPS) is 17.2. The lowest BCUT2D eigenvalue weighted by atomic mass is 10.1. The van der Waals surface area contributed by atoms with Gasteiger partial charge >= 0.3 is 0 Å². The van der Waals surface area contributed by atoms with Crippen molar-refractivity contribution >= 4 is 28.6 Å². The zero-order valence-electron chi connectivity index (χ0n) is 16.8. The van der Waals surface area contributed by atoms with Gasteiger partial charge in [0.05, 0.1) is 22.8 Å². The van der Waals surface area contributed by atoms with Crippen molar-refractivity contribution < 1.29 is 14.0 Å². The van der Waals surface area contributed by atoms with E-state index in [1.54, 1.807) is 36.7 Å². The first-order chi connectivity index (χ1) is 14.7. The molecule has 3 aromatic rings. The molecule has 7 heteroatoms. The minimum absolute atomic E-state index is 0.162. The molecular formula is C23H24N4O3. The molecule has 0 atom stereocenters. The Hall–Kier alpha value is -3.19. The fourth-order valence-corrected chi connectivity index (χ4v) is 4.36. The average Bonchev–Trinajstić information content (AvgIpc) is 3.36. The molecule has 0 N–H and O–H groups in total. The molecule has 2 aliphatic heterocycles. The maximum absolute atomic E-state index is 12.4. The SMILES string of the molecule is O=C1c2ccccc2C(=O)N1CCCCN1CCN(c2nccc3occc23)CC1. The Balaban J connectivity index is 1.09. The number of amides is 2. The van der Waals surface area contributed by atoms with Crippen LogP contribution in [0.15, 0.2) is 53.3 Å². The molecule has 0 unspecified atom stereocenters. The van der Waals surface area contributed by atoms with Crippen LogP contribution in [0.3, 0.4) is 0 Å². The van der Waals surface area contributed by atoms with Crippen LogP contribution in [0.5, 0.6) is 0 Å². The second kappa shape index (κ2) is 7.91.